The number of esters is 1. The molecule has 30 heavy (non-hydrogen) atoms. The van der Waals surface area contributed by atoms with Crippen LogP contribution in [-0.2, 0) is 14.3 Å². The van der Waals surface area contributed by atoms with Crippen molar-refractivity contribution < 1.29 is 24.0 Å². The van der Waals surface area contributed by atoms with Crippen molar-refractivity contribution >= 4 is 34.6 Å². The fourth-order valence-corrected chi connectivity index (χ4v) is 3.02. The number of hydrogen-bond acceptors (Lipinski definition) is 8. The summed E-state index contributed by atoms with van der Waals surface area (Å²) < 4.78 is 10.4. The average molecular weight is 414 g/mol. The van der Waals surface area contributed by atoms with Crippen molar-refractivity contribution in [3.63, 3.8) is 0 Å². The SMILES string of the molecule is CNc1ccc([N+](=O)[O-])cc1C(=O)OCC(=O)Nc1ccc(N2CCOCC2)cc1. The zero-order chi connectivity index (χ0) is 21.5. The van der Waals surface area contributed by atoms with Crippen LogP contribution in [0.15, 0.2) is 42.5 Å². The van der Waals surface area contributed by atoms with E-state index in [1.807, 2.05) is 12.1 Å². The summed E-state index contributed by atoms with van der Waals surface area (Å²) in [5, 5.41) is 16.3. The summed E-state index contributed by atoms with van der Waals surface area (Å²) in [4.78, 5) is 36.9. The molecular formula is C20H22N4O6. The number of nitrogens with one attached hydrogen (secondary N) is 2. The molecule has 1 fully saturated rings. The molecule has 0 bridgehead atoms. The number of non-ortho nitro benzene ring substituents is 1. The first-order chi connectivity index (χ1) is 14.5. The highest BCUT2D eigenvalue weighted by Gasteiger charge is 2.19. The first-order valence-electron chi connectivity index (χ1n) is 9.34. The van der Waals surface area contributed by atoms with Crippen molar-refractivity contribution in [2.45, 2.75) is 0 Å². The topological polar surface area (TPSA) is 123 Å². The van der Waals surface area contributed by atoms with Crippen molar-refractivity contribution in [1.29, 1.82) is 0 Å². The molecule has 0 atom stereocenters. The van der Waals surface area contributed by atoms with E-state index in [9.17, 15) is 19.7 Å². The largest absolute Gasteiger partial charge is 0.452 e. The highest BCUT2D eigenvalue weighted by molar-refractivity contribution is 5.99. The fraction of sp³-hybridized carbons (Fsp3) is 0.300. The molecule has 3 rings (SSSR count). The van der Waals surface area contributed by atoms with Gasteiger partial charge in [-0.2, -0.15) is 0 Å². The van der Waals surface area contributed by atoms with Crippen LogP contribution in [0.25, 0.3) is 0 Å². The van der Waals surface area contributed by atoms with Gasteiger partial charge < -0.3 is 25.0 Å². The maximum absolute atomic E-state index is 12.3. The van der Waals surface area contributed by atoms with Crippen molar-refractivity contribution in [3.8, 4) is 0 Å². The van der Waals surface area contributed by atoms with E-state index in [1.54, 1.807) is 19.2 Å². The van der Waals surface area contributed by atoms with Gasteiger partial charge in [-0.3, -0.25) is 14.9 Å². The van der Waals surface area contributed by atoms with Crippen molar-refractivity contribution in [1.82, 2.24) is 0 Å². The maximum atomic E-state index is 12.3. The number of nitro benzene ring substituents is 1. The number of nitrogens with zero attached hydrogens (tertiary/aromatic N) is 2. The summed E-state index contributed by atoms with van der Waals surface area (Å²) in [6.45, 7) is 2.48. The Labute approximate surface area is 172 Å². The van der Waals surface area contributed by atoms with Crippen molar-refractivity contribution in [2.24, 2.45) is 0 Å². The quantitative estimate of drug-likeness (QED) is 0.402. The predicted octanol–water partition coefficient (Wildman–Crippen LogP) is 2.27. The van der Waals surface area contributed by atoms with Crippen LogP contribution in [-0.4, -0.2) is 56.8 Å². The Morgan fingerprint density at radius 2 is 1.87 bits per heavy atom. The van der Waals surface area contributed by atoms with Gasteiger partial charge in [-0.25, -0.2) is 4.79 Å². The lowest BCUT2D eigenvalue weighted by atomic mass is 10.1. The van der Waals surface area contributed by atoms with Gasteiger partial charge in [-0.15, -0.1) is 0 Å². The minimum atomic E-state index is -0.833. The molecule has 0 spiro atoms. The molecule has 2 aromatic rings. The van der Waals surface area contributed by atoms with Crippen molar-refractivity contribution in [2.75, 3.05) is 55.5 Å². The van der Waals surface area contributed by atoms with Gasteiger partial charge in [0.1, 0.15) is 0 Å². The lowest BCUT2D eigenvalue weighted by Crippen LogP contribution is -2.36. The number of ether oxygens (including phenoxy) is 2. The standard InChI is InChI=1S/C20H22N4O6/c1-21-18-7-6-16(24(27)28)12-17(18)20(26)30-13-19(25)22-14-2-4-15(5-3-14)23-8-10-29-11-9-23/h2-7,12,21H,8-11,13H2,1H3,(H,22,25). The molecule has 1 heterocycles. The van der Waals surface area contributed by atoms with Gasteiger partial charge in [-0.1, -0.05) is 0 Å². The summed E-state index contributed by atoms with van der Waals surface area (Å²) in [6.07, 6.45) is 0. The molecule has 0 aromatic heterocycles. The molecular weight excluding hydrogens is 392 g/mol. The zero-order valence-electron chi connectivity index (χ0n) is 16.4. The zero-order valence-corrected chi connectivity index (χ0v) is 16.4. The normalized spacial score (nSPS) is 13.4. The Hall–Kier alpha value is -3.66. The molecule has 1 aliphatic rings. The number of amides is 1. The molecule has 10 nitrogen and oxygen atoms in total. The minimum Gasteiger partial charge on any atom is -0.452 e. The first-order valence-corrected chi connectivity index (χ1v) is 9.34. The second kappa shape index (κ2) is 9.70. The van der Waals surface area contributed by atoms with Gasteiger partial charge in [0.05, 0.1) is 23.7 Å². The van der Waals surface area contributed by atoms with Crippen LogP contribution in [0, 0.1) is 10.1 Å². The van der Waals surface area contributed by atoms with E-state index in [1.165, 1.54) is 12.1 Å². The van der Waals surface area contributed by atoms with Gasteiger partial charge in [-0.05, 0) is 30.3 Å². The van der Waals surface area contributed by atoms with Gasteiger partial charge in [0.2, 0.25) is 0 Å². The Kier molecular flexibility index (Phi) is 6.81. The summed E-state index contributed by atoms with van der Waals surface area (Å²) in [6, 6.07) is 11.1. The highest BCUT2D eigenvalue weighted by atomic mass is 16.6. The molecule has 158 valence electrons. The van der Waals surface area contributed by atoms with Crippen LogP contribution in [0.5, 0.6) is 0 Å². The number of hydrogen-bond donors (Lipinski definition) is 2. The summed E-state index contributed by atoms with van der Waals surface area (Å²) in [5.74, 6) is -1.35. The monoisotopic (exact) mass is 414 g/mol. The van der Waals surface area contributed by atoms with E-state index < -0.39 is 23.4 Å². The minimum absolute atomic E-state index is 0.0191. The van der Waals surface area contributed by atoms with E-state index in [0.29, 0.717) is 24.6 Å². The molecule has 0 aliphatic carbocycles. The van der Waals surface area contributed by atoms with Crippen LogP contribution in [0.2, 0.25) is 0 Å². The Balaban J connectivity index is 1.56. The van der Waals surface area contributed by atoms with Gasteiger partial charge in [0.15, 0.2) is 6.61 Å². The highest BCUT2D eigenvalue weighted by Crippen LogP contribution is 2.23. The lowest BCUT2D eigenvalue weighted by Gasteiger charge is -2.28. The molecule has 2 aromatic carbocycles. The van der Waals surface area contributed by atoms with Gasteiger partial charge in [0, 0.05) is 49.3 Å². The Bertz CT molecular complexity index is 925. The summed E-state index contributed by atoms with van der Waals surface area (Å²) in [5.41, 5.74) is 1.71. The van der Waals surface area contributed by atoms with Gasteiger partial charge >= 0.3 is 5.97 Å². The third kappa shape index (κ3) is 5.23. The summed E-state index contributed by atoms with van der Waals surface area (Å²) in [7, 11) is 1.57. The number of anilines is 3. The number of carbonyl (C=O) groups is 2. The molecule has 0 radical (unpaired) electrons. The number of nitro groups is 1. The van der Waals surface area contributed by atoms with Crippen LogP contribution < -0.4 is 15.5 Å². The molecule has 10 heteroatoms. The second-order valence-corrected chi connectivity index (χ2v) is 6.51. The van der Waals surface area contributed by atoms with E-state index in [2.05, 4.69) is 15.5 Å². The second-order valence-electron chi connectivity index (χ2n) is 6.51. The molecule has 2 N–H and O–H groups in total. The van der Waals surface area contributed by atoms with E-state index in [0.717, 1.165) is 24.8 Å². The van der Waals surface area contributed by atoms with E-state index in [4.69, 9.17) is 9.47 Å². The maximum Gasteiger partial charge on any atom is 0.341 e. The Morgan fingerprint density at radius 1 is 1.17 bits per heavy atom. The molecule has 1 saturated heterocycles. The summed E-state index contributed by atoms with van der Waals surface area (Å²) >= 11 is 0. The molecule has 1 amide bonds. The predicted molar refractivity (Wildman–Crippen MR) is 111 cm³/mol. The lowest BCUT2D eigenvalue weighted by molar-refractivity contribution is -0.384. The number of carbonyl (C=O) groups excluding carboxylic acids is 2. The van der Waals surface area contributed by atoms with Crippen LogP contribution in [0.1, 0.15) is 10.4 Å². The smallest absolute Gasteiger partial charge is 0.341 e. The van der Waals surface area contributed by atoms with E-state index in [-0.39, 0.29) is 11.3 Å². The van der Waals surface area contributed by atoms with Crippen LogP contribution >= 0.6 is 0 Å². The van der Waals surface area contributed by atoms with E-state index >= 15 is 0 Å². The van der Waals surface area contributed by atoms with Gasteiger partial charge in [0.25, 0.3) is 11.6 Å². The van der Waals surface area contributed by atoms with Crippen LogP contribution in [0.4, 0.5) is 22.7 Å². The third-order valence-corrected chi connectivity index (χ3v) is 4.56. The molecule has 1 aliphatic heterocycles. The molecule has 0 unspecified atom stereocenters. The fourth-order valence-electron chi connectivity index (χ4n) is 3.02. The average Bonchev–Trinajstić information content (AvgIpc) is 2.78. The van der Waals surface area contributed by atoms with Crippen LogP contribution in [0.3, 0.4) is 0 Å². The number of rotatable bonds is 7. The number of morpholine rings is 1. The first kappa shape index (κ1) is 21.1. The third-order valence-electron chi connectivity index (χ3n) is 4.56. The number of benzene rings is 2. The van der Waals surface area contributed by atoms with Crippen molar-refractivity contribution in [3.05, 3.63) is 58.1 Å². The Morgan fingerprint density at radius 3 is 2.50 bits per heavy atom. The molecule has 0 saturated carbocycles.